The van der Waals surface area contributed by atoms with Crippen molar-refractivity contribution < 1.29 is 4.39 Å². The first kappa shape index (κ1) is 16.6. The third-order valence-corrected chi connectivity index (χ3v) is 4.57. The van der Waals surface area contributed by atoms with E-state index in [0.717, 1.165) is 47.8 Å². The zero-order chi connectivity index (χ0) is 17.1. The van der Waals surface area contributed by atoms with Gasteiger partial charge in [-0.25, -0.2) is 9.07 Å². The fourth-order valence-corrected chi connectivity index (χ4v) is 3.22. The number of aromatic nitrogens is 3. The molecule has 3 nitrogen and oxygen atoms in total. The van der Waals surface area contributed by atoms with Gasteiger partial charge >= 0.3 is 0 Å². The Morgan fingerprint density at radius 2 is 1.67 bits per heavy atom. The molecule has 1 heterocycles. The predicted molar refractivity (Wildman–Crippen MR) is 96.5 cm³/mol. The lowest BCUT2D eigenvalue weighted by molar-refractivity contribution is 0.393. The van der Waals surface area contributed by atoms with Crippen LogP contribution in [0, 0.1) is 12.7 Å². The maximum Gasteiger partial charge on any atom is 0.126 e. The third-order valence-electron chi connectivity index (χ3n) is 4.57. The summed E-state index contributed by atoms with van der Waals surface area (Å²) in [5.74, 6) is -0.179. The number of benzene rings is 2. The highest BCUT2D eigenvalue weighted by atomic mass is 19.1. The van der Waals surface area contributed by atoms with E-state index in [4.69, 9.17) is 0 Å². The van der Waals surface area contributed by atoms with Gasteiger partial charge in [-0.05, 0) is 54.7 Å². The minimum absolute atomic E-state index is 0.179. The highest BCUT2D eigenvalue weighted by Gasteiger charge is 2.15. The Bertz CT molecular complexity index is 832. The molecule has 24 heavy (non-hydrogen) atoms. The molecule has 0 atom stereocenters. The Morgan fingerprint density at radius 1 is 1.00 bits per heavy atom. The quantitative estimate of drug-likeness (QED) is 0.583. The normalized spacial score (nSPS) is 11.5. The van der Waals surface area contributed by atoms with E-state index in [2.05, 4.69) is 34.9 Å². The van der Waals surface area contributed by atoms with Crippen LogP contribution in [0.5, 0.6) is 0 Å². The molecule has 0 saturated carbocycles. The van der Waals surface area contributed by atoms with Crippen molar-refractivity contribution in [1.82, 2.24) is 15.0 Å². The van der Waals surface area contributed by atoms with Gasteiger partial charge in [0.15, 0.2) is 0 Å². The smallest absolute Gasteiger partial charge is 0.126 e. The van der Waals surface area contributed by atoms with E-state index >= 15 is 0 Å². The van der Waals surface area contributed by atoms with Crippen molar-refractivity contribution in [2.24, 2.45) is 0 Å². The summed E-state index contributed by atoms with van der Waals surface area (Å²) in [5, 5.41) is 8.74. The summed E-state index contributed by atoms with van der Waals surface area (Å²) in [6.07, 6.45) is 4.48. The summed E-state index contributed by atoms with van der Waals surface area (Å²) in [6.45, 7) is 6.17. The van der Waals surface area contributed by atoms with Crippen molar-refractivity contribution in [2.45, 2.75) is 52.5 Å². The number of rotatable bonds is 6. The summed E-state index contributed by atoms with van der Waals surface area (Å²) in [4.78, 5) is 0. The Morgan fingerprint density at radius 3 is 2.33 bits per heavy atom. The van der Waals surface area contributed by atoms with Crippen LogP contribution in [0.3, 0.4) is 0 Å². The maximum atomic E-state index is 13.8. The molecule has 0 aliphatic rings. The molecule has 0 fully saturated rings. The molecule has 0 N–H and O–H groups in total. The summed E-state index contributed by atoms with van der Waals surface area (Å²) in [7, 11) is 0. The molecule has 126 valence electrons. The second kappa shape index (κ2) is 7.12. The predicted octanol–water partition coefficient (Wildman–Crippen LogP) is 5.69. The lowest BCUT2D eigenvalue weighted by Crippen LogP contribution is -2.10. The molecule has 1 aromatic heterocycles. The van der Waals surface area contributed by atoms with Gasteiger partial charge in [0.05, 0.1) is 11.6 Å². The highest BCUT2D eigenvalue weighted by Crippen LogP contribution is 2.28. The van der Waals surface area contributed by atoms with Crippen LogP contribution in [0.1, 0.15) is 51.1 Å². The van der Waals surface area contributed by atoms with Gasteiger partial charge in [0.2, 0.25) is 0 Å². The van der Waals surface area contributed by atoms with Crippen LogP contribution in [-0.4, -0.2) is 15.0 Å². The van der Waals surface area contributed by atoms with Gasteiger partial charge in [-0.15, -0.1) is 5.10 Å². The van der Waals surface area contributed by atoms with E-state index in [1.807, 2.05) is 24.3 Å². The molecule has 0 spiro atoms. The standard InChI is InChI=1S/C20H24FN3/c1-4-6-17(7-5-2)24-20-11-10-16(13-19(20)22-23-24)15-9-8-14(3)18(21)12-15/h8-13,17H,4-7H2,1-3H3. The molecule has 4 heteroatoms. The molecule has 0 saturated heterocycles. The number of fused-ring (bicyclic) bond motifs is 1. The Kier molecular flexibility index (Phi) is 4.93. The van der Waals surface area contributed by atoms with Crippen LogP contribution in [0.25, 0.3) is 22.2 Å². The Hall–Kier alpha value is -2.23. The van der Waals surface area contributed by atoms with E-state index < -0.39 is 0 Å². The topological polar surface area (TPSA) is 30.7 Å². The lowest BCUT2D eigenvalue weighted by Gasteiger charge is -2.16. The Balaban J connectivity index is 1.99. The molecule has 0 unspecified atom stereocenters. The number of hydrogen-bond donors (Lipinski definition) is 0. The van der Waals surface area contributed by atoms with Crippen molar-refractivity contribution in [2.75, 3.05) is 0 Å². The zero-order valence-electron chi connectivity index (χ0n) is 14.6. The first-order chi connectivity index (χ1) is 11.6. The molecule has 0 radical (unpaired) electrons. The zero-order valence-corrected chi connectivity index (χ0v) is 14.6. The summed E-state index contributed by atoms with van der Waals surface area (Å²) >= 11 is 0. The van der Waals surface area contributed by atoms with Gasteiger partial charge in [0.25, 0.3) is 0 Å². The van der Waals surface area contributed by atoms with Gasteiger partial charge in [0, 0.05) is 0 Å². The third kappa shape index (κ3) is 3.18. The maximum absolute atomic E-state index is 13.8. The van der Waals surface area contributed by atoms with Gasteiger partial charge < -0.3 is 0 Å². The fourth-order valence-electron chi connectivity index (χ4n) is 3.22. The Labute approximate surface area is 142 Å². The van der Waals surface area contributed by atoms with E-state index in [-0.39, 0.29) is 5.82 Å². The van der Waals surface area contributed by atoms with E-state index in [9.17, 15) is 4.39 Å². The first-order valence-electron chi connectivity index (χ1n) is 8.75. The van der Waals surface area contributed by atoms with Crippen LogP contribution >= 0.6 is 0 Å². The van der Waals surface area contributed by atoms with Gasteiger partial charge in [0.1, 0.15) is 11.3 Å². The van der Waals surface area contributed by atoms with Crippen LogP contribution < -0.4 is 0 Å². The number of halogens is 1. The van der Waals surface area contributed by atoms with Crippen molar-refractivity contribution in [3.63, 3.8) is 0 Å². The highest BCUT2D eigenvalue weighted by molar-refractivity contribution is 5.81. The molecule has 3 rings (SSSR count). The molecular formula is C20H24FN3. The SMILES string of the molecule is CCCC(CCC)n1nnc2cc(-c3ccc(C)c(F)c3)ccc21. The van der Waals surface area contributed by atoms with Gasteiger partial charge in [-0.1, -0.05) is 50.1 Å². The van der Waals surface area contributed by atoms with E-state index in [0.29, 0.717) is 11.6 Å². The monoisotopic (exact) mass is 325 g/mol. The van der Waals surface area contributed by atoms with Crippen LogP contribution in [0.15, 0.2) is 36.4 Å². The van der Waals surface area contributed by atoms with Crippen LogP contribution in [-0.2, 0) is 0 Å². The molecule has 0 bridgehead atoms. The minimum Gasteiger partial charge on any atom is -0.242 e. The van der Waals surface area contributed by atoms with Crippen LogP contribution in [0.2, 0.25) is 0 Å². The van der Waals surface area contributed by atoms with Crippen molar-refractivity contribution in [3.05, 3.63) is 47.8 Å². The average molecular weight is 325 g/mol. The summed E-state index contributed by atoms with van der Waals surface area (Å²) < 4.78 is 15.9. The van der Waals surface area contributed by atoms with Crippen LogP contribution in [0.4, 0.5) is 4.39 Å². The van der Waals surface area contributed by atoms with E-state index in [1.54, 1.807) is 13.0 Å². The van der Waals surface area contributed by atoms with E-state index in [1.165, 1.54) is 0 Å². The average Bonchev–Trinajstić information content (AvgIpc) is 3.00. The second-order valence-electron chi connectivity index (χ2n) is 6.43. The van der Waals surface area contributed by atoms with Crippen molar-refractivity contribution >= 4 is 11.0 Å². The lowest BCUT2D eigenvalue weighted by atomic mass is 10.0. The molecule has 0 aliphatic heterocycles. The molecule has 3 aromatic rings. The van der Waals surface area contributed by atoms with Crippen molar-refractivity contribution in [1.29, 1.82) is 0 Å². The number of nitrogens with zero attached hydrogens (tertiary/aromatic N) is 3. The minimum atomic E-state index is -0.179. The fraction of sp³-hybridized carbons (Fsp3) is 0.400. The number of aryl methyl sites for hydroxylation is 1. The first-order valence-corrected chi connectivity index (χ1v) is 8.75. The second-order valence-corrected chi connectivity index (χ2v) is 6.43. The largest absolute Gasteiger partial charge is 0.242 e. The van der Waals surface area contributed by atoms with Crippen molar-refractivity contribution in [3.8, 4) is 11.1 Å². The number of hydrogen-bond acceptors (Lipinski definition) is 2. The molecule has 0 aliphatic carbocycles. The summed E-state index contributed by atoms with van der Waals surface area (Å²) in [6, 6.07) is 11.8. The van der Waals surface area contributed by atoms with Gasteiger partial charge in [-0.3, -0.25) is 0 Å². The molecule has 0 amide bonds. The summed E-state index contributed by atoms with van der Waals surface area (Å²) in [5.41, 5.74) is 4.42. The molecular weight excluding hydrogens is 301 g/mol. The molecule has 2 aromatic carbocycles. The van der Waals surface area contributed by atoms with Gasteiger partial charge in [-0.2, -0.15) is 0 Å².